The van der Waals surface area contributed by atoms with Crippen molar-refractivity contribution in [1.29, 1.82) is 0 Å². The number of hydrogen-bond donors (Lipinski definition) is 2. The van der Waals surface area contributed by atoms with E-state index in [1.807, 2.05) is 0 Å². The first-order chi connectivity index (χ1) is 8.58. The fourth-order valence-electron chi connectivity index (χ4n) is 1.10. The van der Waals surface area contributed by atoms with Crippen molar-refractivity contribution in [3.05, 3.63) is 43.0 Å². The van der Waals surface area contributed by atoms with Gasteiger partial charge in [0.15, 0.2) is 0 Å². The van der Waals surface area contributed by atoms with Crippen molar-refractivity contribution in [2.45, 2.75) is 0 Å². The maximum Gasteiger partial charge on any atom is 0.248 e. The van der Waals surface area contributed by atoms with Crippen LogP contribution in [0.2, 0.25) is 0 Å². The Morgan fingerprint density at radius 1 is 1.06 bits per heavy atom. The summed E-state index contributed by atoms with van der Waals surface area (Å²) in [7, 11) is 0. The van der Waals surface area contributed by atoms with Crippen LogP contribution >= 0.6 is 0 Å². The number of carbonyl (C=O) groups is 3. The third-order valence-corrected chi connectivity index (χ3v) is 1.86. The molecule has 18 heavy (non-hydrogen) atoms. The fourth-order valence-corrected chi connectivity index (χ4v) is 1.10. The lowest BCUT2D eigenvalue weighted by Gasteiger charge is -2.06. The van der Waals surface area contributed by atoms with Crippen molar-refractivity contribution in [3.8, 4) is 0 Å². The molecule has 1 rings (SSSR count). The molecule has 0 aliphatic heterocycles. The Morgan fingerprint density at radius 2 is 1.50 bits per heavy atom. The largest absolute Gasteiger partial charge is 0.307 e. The molecular weight excluding hydrogens is 234 g/mol. The molecule has 0 saturated heterocycles. The predicted octanol–water partition coefficient (Wildman–Crippen LogP) is 1.14. The third-order valence-electron chi connectivity index (χ3n) is 1.86. The van der Waals surface area contributed by atoms with Gasteiger partial charge in [0.25, 0.3) is 0 Å². The van der Waals surface area contributed by atoms with Crippen molar-refractivity contribution in [2.24, 2.45) is 0 Å². The number of nitrogens with zero attached hydrogens (tertiary/aromatic N) is 1. The molecule has 0 atom stereocenters. The Bertz CT molecular complexity index is 483. The van der Waals surface area contributed by atoms with Gasteiger partial charge in [0.05, 0.1) is 0 Å². The van der Waals surface area contributed by atoms with Crippen LogP contribution in [0.15, 0.2) is 37.4 Å². The van der Waals surface area contributed by atoms with Crippen LogP contribution in [0.5, 0.6) is 0 Å². The van der Waals surface area contributed by atoms with Gasteiger partial charge in [-0.2, -0.15) is 0 Å². The van der Waals surface area contributed by atoms with E-state index in [4.69, 9.17) is 0 Å². The molecule has 0 aliphatic carbocycles. The lowest BCUT2D eigenvalue weighted by molar-refractivity contribution is -0.112. The number of amides is 2. The number of anilines is 2. The van der Waals surface area contributed by atoms with E-state index in [0.29, 0.717) is 6.29 Å². The zero-order chi connectivity index (χ0) is 13.5. The second-order valence-electron chi connectivity index (χ2n) is 3.18. The first-order valence-corrected chi connectivity index (χ1v) is 4.93. The van der Waals surface area contributed by atoms with Crippen LogP contribution in [0.25, 0.3) is 0 Å². The van der Waals surface area contributed by atoms with Gasteiger partial charge in [0, 0.05) is 5.56 Å². The molecule has 0 bridgehead atoms. The minimum absolute atomic E-state index is 0.142. The summed E-state index contributed by atoms with van der Waals surface area (Å²) in [5.74, 6) is -0.647. The number of aldehydes is 1. The molecule has 0 saturated carbocycles. The summed E-state index contributed by atoms with van der Waals surface area (Å²) >= 11 is 0. The standard InChI is InChI=1S/C12H11N3O3/c1-3-11(17)14-9-5-8(7-16)6-10(13-9)15-12(18)4-2/h3-7H,1-2H2,(H2,13,14,15,17,18). The monoisotopic (exact) mass is 245 g/mol. The molecule has 2 amide bonds. The van der Waals surface area contributed by atoms with Gasteiger partial charge in [-0.25, -0.2) is 4.98 Å². The minimum atomic E-state index is -0.466. The van der Waals surface area contributed by atoms with Gasteiger partial charge in [-0.3, -0.25) is 14.4 Å². The van der Waals surface area contributed by atoms with E-state index in [2.05, 4.69) is 28.8 Å². The van der Waals surface area contributed by atoms with Crippen LogP contribution in [-0.4, -0.2) is 23.1 Å². The number of carbonyl (C=O) groups excluding carboxylic acids is 3. The van der Waals surface area contributed by atoms with Crippen LogP contribution in [0, 0.1) is 0 Å². The molecular formula is C12H11N3O3. The van der Waals surface area contributed by atoms with Gasteiger partial charge in [-0.15, -0.1) is 0 Å². The summed E-state index contributed by atoms with van der Waals surface area (Å²) in [5.41, 5.74) is 0.267. The van der Waals surface area contributed by atoms with E-state index in [0.717, 1.165) is 12.2 Å². The Balaban J connectivity index is 3.04. The maximum absolute atomic E-state index is 11.1. The molecule has 0 radical (unpaired) electrons. The molecule has 1 aromatic heterocycles. The van der Waals surface area contributed by atoms with E-state index >= 15 is 0 Å². The molecule has 0 aliphatic rings. The van der Waals surface area contributed by atoms with Gasteiger partial charge in [-0.1, -0.05) is 13.2 Å². The summed E-state index contributed by atoms with van der Waals surface area (Å²) in [6, 6.07) is 2.75. The third kappa shape index (κ3) is 3.67. The van der Waals surface area contributed by atoms with Crippen molar-refractivity contribution in [1.82, 2.24) is 4.98 Å². The lowest BCUT2D eigenvalue weighted by atomic mass is 10.2. The highest BCUT2D eigenvalue weighted by molar-refractivity contribution is 6.00. The Kier molecular flexibility index (Phi) is 4.50. The SMILES string of the molecule is C=CC(=O)Nc1cc(C=O)cc(NC(=O)C=C)n1. The number of nitrogens with one attached hydrogen (secondary N) is 2. The van der Waals surface area contributed by atoms with Gasteiger partial charge in [0.2, 0.25) is 11.8 Å². The Morgan fingerprint density at radius 3 is 1.83 bits per heavy atom. The number of hydrogen-bond acceptors (Lipinski definition) is 4. The zero-order valence-corrected chi connectivity index (χ0v) is 9.47. The summed E-state index contributed by atoms with van der Waals surface area (Å²) < 4.78 is 0. The average Bonchev–Trinajstić information content (AvgIpc) is 2.37. The van der Waals surface area contributed by atoms with Crippen molar-refractivity contribution >= 4 is 29.7 Å². The summed E-state index contributed by atoms with van der Waals surface area (Å²) in [5, 5.41) is 4.79. The number of rotatable bonds is 5. The molecule has 0 spiro atoms. The highest BCUT2D eigenvalue weighted by Crippen LogP contribution is 2.13. The van der Waals surface area contributed by atoms with E-state index in [1.54, 1.807) is 0 Å². The highest BCUT2D eigenvalue weighted by Gasteiger charge is 2.06. The van der Waals surface area contributed by atoms with Gasteiger partial charge in [0.1, 0.15) is 17.9 Å². The molecule has 1 heterocycles. The van der Waals surface area contributed by atoms with Crippen molar-refractivity contribution in [3.63, 3.8) is 0 Å². The van der Waals surface area contributed by atoms with Gasteiger partial charge < -0.3 is 10.6 Å². The van der Waals surface area contributed by atoms with E-state index in [-0.39, 0.29) is 17.2 Å². The first-order valence-electron chi connectivity index (χ1n) is 4.93. The maximum atomic E-state index is 11.1. The average molecular weight is 245 g/mol. The summed E-state index contributed by atoms with van der Waals surface area (Å²) in [6.45, 7) is 6.58. The Hall–Kier alpha value is -2.76. The molecule has 0 unspecified atom stereocenters. The van der Waals surface area contributed by atoms with E-state index in [9.17, 15) is 14.4 Å². The van der Waals surface area contributed by atoms with Gasteiger partial charge in [-0.05, 0) is 24.3 Å². The highest BCUT2D eigenvalue weighted by atomic mass is 16.2. The first kappa shape index (κ1) is 13.3. The van der Waals surface area contributed by atoms with Gasteiger partial charge >= 0.3 is 0 Å². The van der Waals surface area contributed by atoms with E-state index in [1.165, 1.54) is 12.1 Å². The molecule has 6 nitrogen and oxygen atoms in total. The second kappa shape index (κ2) is 6.09. The smallest absolute Gasteiger partial charge is 0.248 e. The fraction of sp³-hybridized carbons (Fsp3) is 0. The summed E-state index contributed by atoms with van der Waals surface area (Å²) in [4.78, 5) is 36.9. The van der Waals surface area contributed by atoms with Crippen molar-refractivity contribution < 1.29 is 14.4 Å². The predicted molar refractivity (Wildman–Crippen MR) is 67.3 cm³/mol. The lowest BCUT2D eigenvalue weighted by Crippen LogP contribution is -2.13. The molecule has 2 N–H and O–H groups in total. The number of pyridine rings is 1. The quantitative estimate of drug-likeness (QED) is 0.601. The topological polar surface area (TPSA) is 88.2 Å². The zero-order valence-electron chi connectivity index (χ0n) is 9.47. The van der Waals surface area contributed by atoms with Crippen LogP contribution < -0.4 is 10.6 Å². The van der Waals surface area contributed by atoms with E-state index < -0.39 is 11.8 Å². The van der Waals surface area contributed by atoms with Crippen molar-refractivity contribution in [2.75, 3.05) is 10.6 Å². The summed E-state index contributed by atoms with van der Waals surface area (Å²) in [6.07, 6.45) is 2.71. The minimum Gasteiger partial charge on any atom is -0.307 e. The number of aromatic nitrogens is 1. The molecule has 92 valence electrons. The molecule has 0 fully saturated rings. The molecule has 1 aromatic rings. The van der Waals surface area contributed by atoms with Crippen LogP contribution in [0.3, 0.4) is 0 Å². The molecule has 0 aromatic carbocycles. The Labute approximate surface area is 103 Å². The van der Waals surface area contributed by atoms with Crippen LogP contribution in [-0.2, 0) is 9.59 Å². The normalized spacial score (nSPS) is 9.11. The second-order valence-corrected chi connectivity index (χ2v) is 3.18. The molecule has 6 heteroatoms. The van der Waals surface area contributed by atoms with Crippen LogP contribution in [0.4, 0.5) is 11.6 Å². The van der Waals surface area contributed by atoms with Crippen LogP contribution in [0.1, 0.15) is 10.4 Å².